The first-order chi connectivity index (χ1) is 9.47. The largest absolute Gasteiger partial charge is 0.479 e. The Hall–Kier alpha value is -1.33. The molecule has 0 saturated carbocycles. The van der Waals surface area contributed by atoms with E-state index in [1.54, 1.807) is 12.1 Å². The van der Waals surface area contributed by atoms with Gasteiger partial charge in [-0.25, -0.2) is 4.79 Å². The van der Waals surface area contributed by atoms with Gasteiger partial charge in [0, 0.05) is 14.6 Å². The lowest BCUT2D eigenvalue weighted by molar-refractivity contribution is -0.138. The minimum atomic E-state index is -0.916. The van der Waals surface area contributed by atoms with Gasteiger partial charge in [-0.15, -0.1) is 0 Å². The summed E-state index contributed by atoms with van der Waals surface area (Å²) >= 11 is 6.77. The third kappa shape index (κ3) is 3.61. The van der Waals surface area contributed by atoms with Crippen molar-refractivity contribution in [2.45, 2.75) is 13.0 Å². The molecular weight excluding hydrogens is 386 g/mol. The van der Waals surface area contributed by atoms with Crippen molar-refractivity contribution in [2.24, 2.45) is 0 Å². The van der Waals surface area contributed by atoms with Crippen LogP contribution < -0.4 is 5.32 Å². The third-order valence-corrected chi connectivity index (χ3v) is 4.73. The SMILES string of the molecule is Cc1cccc(NC(C(=O)O)c2ccc(Br)c(Br)c2)c1. The highest BCUT2D eigenvalue weighted by Gasteiger charge is 2.20. The topological polar surface area (TPSA) is 49.3 Å². The van der Waals surface area contributed by atoms with E-state index in [4.69, 9.17) is 0 Å². The number of carboxylic acids is 1. The molecule has 3 nitrogen and oxygen atoms in total. The monoisotopic (exact) mass is 397 g/mol. The summed E-state index contributed by atoms with van der Waals surface area (Å²) in [6, 6.07) is 12.3. The van der Waals surface area contributed by atoms with Gasteiger partial charge in [0.15, 0.2) is 6.04 Å². The van der Waals surface area contributed by atoms with Crippen LogP contribution in [0.3, 0.4) is 0 Å². The van der Waals surface area contributed by atoms with Crippen LogP contribution >= 0.6 is 31.9 Å². The lowest BCUT2D eigenvalue weighted by Crippen LogP contribution is -2.20. The van der Waals surface area contributed by atoms with Crippen LogP contribution in [0.5, 0.6) is 0 Å². The van der Waals surface area contributed by atoms with Crippen LogP contribution in [0.15, 0.2) is 51.4 Å². The van der Waals surface area contributed by atoms with Gasteiger partial charge >= 0.3 is 5.97 Å². The molecule has 0 spiro atoms. The van der Waals surface area contributed by atoms with E-state index in [9.17, 15) is 9.90 Å². The second-order valence-corrected chi connectivity index (χ2v) is 6.17. The van der Waals surface area contributed by atoms with E-state index in [1.165, 1.54) is 0 Å². The van der Waals surface area contributed by atoms with E-state index in [2.05, 4.69) is 37.2 Å². The number of hydrogen-bond donors (Lipinski definition) is 2. The molecule has 1 unspecified atom stereocenters. The molecule has 0 fully saturated rings. The maximum Gasteiger partial charge on any atom is 0.330 e. The number of halogens is 2. The van der Waals surface area contributed by atoms with Crippen LogP contribution in [0, 0.1) is 6.92 Å². The summed E-state index contributed by atoms with van der Waals surface area (Å²) in [5.41, 5.74) is 2.56. The molecule has 0 amide bonds. The normalized spacial score (nSPS) is 11.9. The molecule has 0 aromatic heterocycles. The number of benzene rings is 2. The molecule has 5 heteroatoms. The van der Waals surface area contributed by atoms with E-state index < -0.39 is 12.0 Å². The van der Waals surface area contributed by atoms with Crippen molar-refractivity contribution in [1.29, 1.82) is 0 Å². The average molecular weight is 399 g/mol. The first-order valence-corrected chi connectivity index (χ1v) is 7.57. The highest BCUT2D eigenvalue weighted by Crippen LogP contribution is 2.28. The van der Waals surface area contributed by atoms with Crippen molar-refractivity contribution in [2.75, 3.05) is 5.32 Å². The van der Waals surface area contributed by atoms with Gasteiger partial charge in [0.2, 0.25) is 0 Å². The predicted octanol–water partition coefficient (Wildman–Crippen LogP) is 4.76. The first kappa shape index (κ1) is 15.1. The molecule has 1 atom stereocenters. The summed E-state index contributed by atoms with van der Waals surface area (Å²) in [5, 5.41) is 12.5. The highest BCUT2D eigenvalue weighted by molar-refractivity contribution is 9.13. The Labute approximate surface area is 134 Å². The maximum atomic E-state index is 11.5. The molecule has 0 bridgehead atoms. The molecule has 2 aromatic rings. The summed E-state index contributed by atoms with van der Waals surface area (Å²) in [6.45, 7) is 1.97. The fourth-order valence-electron chi connectivity index (χ4n) is 1.88. The quantitative estimate of drug-likeness (QED) is 0.780. The summed E-state index contributed by atoms with van der Waals surface area (Å²) in [7, 11) is 0. The van der Waals surface area contributed by atoms with E-state index in [0.29, 0.717) is 5.56 Å². The van der Waals surface area contributed by atoms with Gasteiger partial charge in [-0.1, -0.05) is 18.2 Å². The first-order valence-electron chi connectivity index (χ1n) is 5.98. The number of nitrogens with one attached hydrogen (secondary N) is 1. The van der Waals surface area contributed by atoms with E-state index in [0.717, 1.165) is 20.2 Å². The number of aliphatic carboxylic acids is 1. The van der Waals surface area contributed by atoms with Gasteiger partial charge in [-0.05, 0) is 74.2 Å². The molecule has 0 radical (unpaired) electrons. The summed E-state index contributed by atoms with van der Waals surface area (Å²) in [4.78, 5) is 11.5. The standard InChI is InChI=1S/C15H13Br2NO2/c1-9-3-2-4-11(7-9)18-14(15(19)20)10-5-6-12(16)13(17)8-10/h2-8,14,18H,1H3,(H,19,20). The minimum absolute atomic E-state index is 0.689. The van der Waals surface area contributed by atoms with Crippen molar-refractivity contribution in [3.8, 4) is 0 Å². The number of carboxylic acid groups (broad SMARTS) is 1. The maximum absolute atomic E-state index is 11.5. The van der Waals surface area contributed by atoms with Crippen LogP contribution in [0.1, 0.15) is 17.2 Å². The molecule has 0 aliphatic rings. The zero-order valence-corrected chi connectivity index (χ0v) is 13.9. The molecule has 0 aliphatic carbocycles. The zero-order chi connectivity index (χ0) is 14.7. The molecule has 20 heavy (non-hydrogen) atoms. The average Bonchev–Trinajstić information content (AvgIpc) is 2.39. The molecule has 0 aliphatic heterocycles. The Morgan fingerprint density at radius 1 is 1.15 bits per heavy atom. The number of rotatable bonds is 4. The van der Waals surface area contributed by atoms with Crippen molar-refractivity contribution < 1.29 is 9.90 Å². The fraction of sp³-hybridized carbons (Fsp3) is 0.133. The fourth-order valence-corrected chi connectivity index (χ4v) is 2.52. The van der Waals surface area contributed by atoms with Gasteiger partial charge in [0.05, 0.1) is 0 Å². The van der Waals surface area contributed by atoms with Crippen LogP contribution in [-0.2, 0) is 4.79 Å². The Bertz CT molecular complexity index is 644. The smallest absolute Gasteiger partial charge is 0.330 e. The lowest BCUT2D eigenvalue weighted by atomic mass is 10.1. The van der Waals surface area contributed by atoms with Crippen molar-refractivity contribution in [3.05, 3.63) is 62.5 Å². The van der Waals surface area contributed by atoms with Crippen LogP contribution in [-0.4, -0.2) is 11.1 Å². The molecule has 2 rings (SSSR count). The number of anilines is 1. The van der Waals surface area contributed by atoms with Crippen LogP contribution in [0.2, 0.25) is 0 Å². The molecule has 0 heterocycles. The zero-order valence-electron chi connectivity index (χ0n) is 10.7. The Balaban J connectivity index is 2.32. The third-order valence-electron chi connectivity index (χ3n) is 2.85. The van der Waals surface area contributed by atoms with Gasteiger partial charge in [-0.3, -0.25) is 0 Å². The van der Waals surface area contributed by atoms with Crippen molar-refractivity contribution in [3.63, 3.8) is 0 Å². The van der Waals surface area contributed by atoms with Gasteiger partial charge in [0.1, 0.15) is 0 Å². The molecule has 0 saturated heterocycles. The lowest BCUT2D eigenvalue weighted by Gasteiger charge is -2.17. The Kier molecular flexibility index (Phi) is 4.83. The van der Waals surface area contributed by atoms with Gasteiger partial charge < -0.3 is 10.4 Å². The second-order valence-electron chi connectivity index (χ2n) is 4.46. The second kappa shape index (κ2) is 6.41. The number of carbonyl (C=O) groups is 1. The van der Waals surface area contributed by atoms with E-state index >= 15 is 0 Å². The number of aryl methyl sites for hydroxylation is 1. The van der Waals surface area contributed by atoms with Crippen molar-refractivity contribution in [1.82, 2.24) is 0 Å². The molecular formula is C15H13Br2NO2. The van der Waals surface area contributed by atoms with Gasteiger partial charge in [-0.2, -0.15) is 0 Å². The minimum Gasteiger partial charge on any atom is -0.479 e. The summed E-state index contributed by atoms with van der Waals surface area (Å²) in [5.74, 6) is -0.916. The Morgan fingerprint density at radius 3 is 2.50 bits per heavy atom. The predicted molar refractivity (Wildman–Crippen MR) is 87.0 cm³/mol. The number of hydrogen-bond acceptors (Lipinski definition) is 2. The molecule has 2 aromatic carbocycles. The van der Waals surface area contributed by atoms with Crippen LogP contribution in [0.25, 0.3) is 0 Å². The van der Waals surface area contributed by atoms with Crippen molar-refractivity contribution >= 4 is 43.5 Å². The molecule has 104 valence electrons. The Morgan fingerprint density at radius 2 is 1.90 bits per heavy atom. The van der Waals surface area contributed by atoms with E-state index in [1.807, 2.05) is 37.3 Å². The molecule has 2 N–H and O–H groups in total. The van der Waals surface area contributed by atoms with Gasteiger partial charge in [0.25, 0.3) is 0 Å². The summed E-state index contributed by atoms with van der Waals surface area (Å²) < 4.78 is 1.72. The van der Waals surface area contributed by atoms with E-state index in [-0.39, 0.29) is 0 Å². The van der Waals surface area contributed by atoms with Crippen LogP contribution in [0.4, 0.5) is 5.69 Å². The summed E-state index contributed by atoms with van der Waals surface area (Å²) in [6.07, 6.45) is 0. The highest BCUT2D eigenvalue weighted by atomic mass is 79.9.